The zero-order valence-corrected chi connectivity index (χ0v) is 17.0. The van der Waals surface area contributed by atoms with E-state index in [4.69, 9.17) is 4.74 Å². The maximum atomic E-state index is 12.6. The Morgan fingerprint density at radius 3 is 2.68 bits per heavy atom. The fourth-order valence-electron chi connectivity index (χ4n) is 3.37. The number of aromatic nitrogens is 1. The van der Waals surface area contributed by atoms with Gasteiger partial charge in [-0.15, -0.1) is 11.8 Å². The number of thioether (sulfide) groups is 1. The lowest BCUT2D eigenvalue weighted by molar-refractivity contribution is 0.307. The first kappa shape index (κ1) is 19.0. The number of sulfone groups is 1. The second kappa shape index (κ2) is 8.37. The van der Waals surface area contributed by atoms with Crippen LogP contribution in [-0.4, -0.2) is 25.8 Å². The number of ether oxygens (including phenoxy) is 1. The van der Waals surface area contributed by atoms with Crippen molar-refractivity contribution >= 4 is 21.6 Å². The summed E-state index contributed by atoms with van der Waals surface area (Å²) in [5.41, 5.74) is 1.97. The quantitative estimate of drug-likeness (QED) is 0.527. The first-order valence-corrected chi connectivity index (χ1v) is 11.8. The van der Waals surface area contributed by atoms with E-state index < -0.39 is 9.84 Å². The summed E-state index contributed by atoms with van der Waals surface area (Å²) >= 11 is 1.58. The zero-order chi connectivity index (χ0) is 19.4. The molecule has 0 bridgehead atoms. The summed E-state index contributed by atoms with van der Waals surface area (Å²) in [6.07, 6.45) is 5.35. The third-order valence-corrected chi connectivity index (χ3v) is 7.91. The standard InChI is InChI=1S/C22H21NO3S2/c24-28(25)16-20(27-18-9-2-1-3-10-18)22-19(11-4-12-21(22)28)26-14-6-8-17-7-5-13-23-15-17/h1-5,7,9-13,15,20H,6,8,14,16H2. The van der Waals surface area contributed by atoms with Crippen LogP contribution in [0.5, 0.6) is 5.75 Å². The van der Waals surface area contributed by atoms with Crippen LogP contribution < -0.4 is 4.74 Å². The summed E-state index contributed by atoms with van der Waals surface area (Å²) in [6, 6.07) is 19.2. The minimum atomic E-state index is -3.28. The highest BCUT2D eigenvalue weighted by atomic mass is 32.2. The molecule has 144 valence electrons. The molecule has 28 heavy (non-hydrogen) atoms. The number of aryl methyl sites for hydroxylation is 1. The maximum Gasteiger partial charge on any atom is 0.180 e. The zero-order valence-electron chi connectivity index (χ0n) is 15.3. The van der Waals surface area contributed by atoms with Crippen LogP contribution in [-0.2, 0) is 16.3 Å². The molecule has 0 aliphatic carbocycles. The molecule has 0 saturated heterocycles. The Bertz CT molecular complexity index is 1040. The lowest BCUT2D eigenvalue weighted by atomic mass is 10.1. The smallest absolute Gasteiger partial charge is 0.180 e. The Hall–Kier alpha value is -2.31. The van der Waals surface area contributed by atoms with E-state index in [2.05, 4.69) is 4.98 Å². The molecule has 2 aromatic carbocycles. The summed E-state index contributed by atoms with van der Waals surface area (Å²) in [5, 5.41) is -0.156. The minimum absolute atomic E-state index is 0.109. The van der Waals surface area contributed by atoms with Crippen LogP contribution in [0.3, 0.4) is 0 Å². The van der Waals surface area contributed by atoms with Gasteiger partial charge in [0.25, 0.3) is 0 Å². The van der Waals surface area contributed by atoms with Crippen LogP contribution >= 0.6 is 11.8 Å². The lowest BCUT2D eigenvalue weighted by Gasteiger charge is -2.15. The number of hydrogen-bond donors (Lipinski definition) is 0. The normalized spacial score (nSPS) is 17.2. The van der Waals surface area contributed by atoms with E-state index in [1.165, 1.54) is 5.56 Å². The Labute approximate surface area is 169 Å². The van der Waals surface area contributed by atoms with Crippen molar-refractivity contribution in [3.05, 3.63) is 84.2 Å². The molecule has 0 radical (unpaired) electrons. The van der Waals surface area contributed by atoms with Gasteiger partial charge in [0.2, 0.25) is 0 Å². The first-order valence-electron chi connectivity index (χ1n) is 9.22. The molecule has 4 nitrogen and oxygen atoms in total. The molecule has 1 unspecified atom stereocenters. The lowest BCUT2D eigenvalue weighted by Crippen LogP contribution is -2.03. The molecular formula is C22H21NO3S2. The Morgan fingerprint density at radius 1 is 1.04 bits per heavy atom. The topological polar surface area (TPSA) is 56.3 Å². The van der Waals surface area contributed by atoms with Gasteiger partial charge in [0, 0.05) is 22.9 Å². The SMILES string of the molecule is O=S1(=O)CC(Sc2ccccc2)c2c(OCCCc3cccnc3)cccc21. The van der Waals surface area contributed by atoms with Crippen LogP contribution in [0.25, 0.3) is 0 Å². The Morgan fingerprint density at radius 2 is 1.89 bits per heavy atom. The molecule has 1 aliphatic rings. The van der Waals surface area contributed by atoms with Gasteiger partial charge in [-0.1, -0.05) is 30.3 Å². The summed E-state index contributed by atoms with van der Waals surface area (Å²) in [6.45, 7) is 0.536. The summed E-state index contributed by atoms with van der Waals surface area (Å²) in [4.78, 5) is 5.59. The van der Waals surface area contributed by atoms with Crippen LogP contribution in [0.4, 0.5) is 0 Å². The van der Waals surface area contributed by atoms with Crippen LogP contribution in [0.1, 0.15) is 22.8 Å². The predicted molar refractivity (Wildman–Crippen MR) is 112 cm³/mol. The van der Waals surface area contributed by atoms with Gasteiger partial charge in [-0.05, 0) is 48.7 Å². The van der Waals surface area contributed by atoms with Crippen molar-refractivity contribution in [2.24, 2.45) is 0 Å². The Balaban J connectivity index is 1.50. The van der Waals surface area contributed by atoms with Crippen molar-refractivity contribution in [3.63, 3.8) is 0 Å². The molecule has 0 spiro atoms. The fraction of sp³-hybridized carbons (Fsp3) is 0.227. The van der Waals surface area contributed by atoms with E-state index >= 15 is 0 Å². The largest absolute Gasteiger partial charge is 0.493 e. The van der Waals surface area contributed by atoms with Gasteiger partial charge in [0.15, 0.2) is 9.84 Å². The molecule has 4 rings (SSSR count). The number of benzene rings is 2. The molecule has 0 saturated carbocycles. The third kappa shape index (κ3) is 4.23. The van der Waals surface area contributed by atoms with Gasteiger partial charge in [0.1, 0.15) is 5.75 Å². The molecule has 1 aromatic heterocycles. The van der Waals surface area contributed by atoms with Crippen LogP contribution in [0, 0.1) is 0 Å². The number of pyridine rings is 1. The van der Waals surface area contributed by atoms with E-state index in [9.17, 15) is 8.42 Å². The highest BCUT2D eigenvalue weighted by Gasteiger charge is 2.37. The van der Waals surface area contributed by atoms with E-state index in [1.807, 2.05) is 54.7 Å². The minimum Gasteiger partial charge on any atom is -0.493 e. The van der Waals surface area contributed by atoms with E-state index in [-0.39, 0.29) is 11.0 Å². The van der Waals surface area contributed by atoms with E-state index in [0.29, 0.717) is 17.3 Å². The first-order chi connectivity index (χ1) is 13.6. The van der Waals surface area contributed by atoms with E-state index in [1.54, 1.807) is 30.1 Å². The average molecular weight is 412 g/mol. The van der Waals surface area contributed by atoms with Gasteiger partial charge < -0.3 is 4.74 Å². The summed E-state index contributed by atoms with van der Waals surface area (Å²) in [7, 11) is -3.28. The molecule has 1 aliphatic heterocycles. The molecule has 6 heteroatoms. The van der Waals surface area contributed by atoms with Crippen LogP contribution in [0.2, 0.25) is 0 Å². The molecule has 0 amide bonds. The number of nitrogens with zero attached hydrogens (tertiary/aromatic N) is 1. The summed E-state index contributed by atoms with van der Waals surface area (Å²) in [5.74, 6) is 0.788. The van der Waals surface area contributed by atoms with E-state index in [0.717, 1.165) is 23.3 Å². The number of fused-ring (bicyclic) bond motifs is 1. The highest BCUT2D eigenvalue weighted by Crippen LogP contribution is 2.48. The Kier molecular flexibility index (Phi) is 5.69. The van der Waals surface area contributed by atoms with Gasteiger partial charge in [0.05, 0.1) is 22.5 Å². The van der Waals surface area contributed by atoms with Gasteiger partial charge in [-0.2, -0.15) is 0 Å². The van der Waals surface area contributed by atoms with Crippen molar-refractivity contribution in [3.8, 4) is 5.75 Å². The predicted octanol–water partition coefficient (Wildman–Crippen LogP) is 4.71. The summed E-state index contributed by atoms with van der Waals surface area (Å²) < 4.78 is 31.3. The molecule has 0 fully saturated rings. The monoisotopic (exact) mass is 411 g/mol. The number of hydrogen-bond acceptors (Lipinski definition) is 5. The second-order valence-electron chi connectivity index (χ2n) is 6.68. The van der Waals surface area contributed by atoms with Crippen molar-refractivity contribution in [2.75, 3.05) is 12.4 Å². The second-order valence-corrected chi connectivity index (χ2v) is 9.96. The number of rotatable bonds is 7. The maximum absolute atomic E-state index is 12.6. The molecule has 3 aromatic rings. The molecule has 1 atom stereocenters. The molecule has 2 heterocycles. The average Bonchev–Trinajstić information content (AvgIpc) is 2.97. The van der Waals surface area contributed by atoms with Crippen molar-refractivity contribution in [2.45, 2.75) is 27.9 Å². The molecule has 0 N–H and O–H groups in total. The fourth-order valence-corrected chi connectivity index (χ4v) is 6.87. The van der Waals surface area contributed by atoms with Crippen molar-refractivity contribution in [1.82, 2.24) is 4.98 Å². The van der Waals surface area contributed by atoms with Gasteiger partial charge in [-0.3, -0.25) is 4.98 Å². The van der Waals surface area contributed by atoms with Crippen molar-refractivity contribution < 1.29 is 13.2 Å². The van der Waals surface area contributed by atoms with Crippen molar-refractivity contribution in [1.29, 1.82) is 0 Å². The van der Waals surface area contributed by atoms with Crippen LogP contribution in [0.15, 0.2) is 82.8 Å². The highest BCUT2D eigenvalue weighted by molar-refractivity contribution is 8.01. The van der Waals surface area contributed by atoms with Gasteiger partial charge in [-0.25, -0.2) is 8.42 Å². The molecular weight excluding hydrogens is 390 g/mol. The van der Waals surface area contributed by atoms with Gasteiger partial charge >= 0.3 is 0 Å². The third-order valence-electron chi connectivity index (χ3n) is 4.67.